The van der Waals surface area contributed by atoms with Crippen molar-refractivity contribution < 1.29 is 4.42 Å². The second-order valence-electron chi connectivity index (χ2n) is 3.86. The molecule has 0 unspecified atom stereocenters. The largest absolute Gasteiger partial charge is 0.461 e. The molecule has 3 heterocycles. The van der Waals surface area contributed by atoms with Gasteiger partial charge in [-0.3, -0.25) is 4.68 Å². The van der Waals surface area contributed by atoms with Crippen LogP contribution in [0.5, 0.6) is 0 Å². The molecule has 3 aromatic rings. The van der Waals surface area contributed by atoms with Crippen molar-refractivity contribution in [2.24, 2.45) is 7.05 Å². The third-order valence-electron chi connectivity index (χ3n) is 2.51. The number of aryl methyl sites for hydroxylation is 1. The van der Waals surface area contributed by atoms with Crippen molar-refractivity contribution in [3.63, 3.8) is 0 Å². The Kier molecular flexibility index (Phi) is 2.56. The van der Waals surface area contributed by atoms with Gasteiger partial charge < -0.3 is 9.40 Å². The molecule has 5 nitrogen and oxygen atoms in total. The number of H-pyrrole nitrogens is 1. The summed E-state index contributed by atoms with van der Waals surface area (Å²) < 4.78 is 7.56. The van der Waals surface area contributed by atoms with E-state index in [2.05, 4.69) is 15.1 Å². The molecule has 0 radical (unpaired) electrons. The van der Waals surface area contributed by atoms with Gasteiger partial charge in [-0.1, -0.05) is 12.2 Å². The minimum atomic E-state index is 0.513. The lowest BCUT2D eigenvalue weighted by Crippen LogP contribution is -1.91. The molecule has 0 aliphatic rings. The Bertz CT molecular complexity index is 727. The number of nitrogens with one attached hydrogen (secondary N) is 1. The fraction of sp³-hybridized carbons (Fsp3) is 0.0833. The minimum Gasteiger partial charge on any atom is -0.461 e. The number of furan rings is 1. The smallest absolute Gasteiger partial charge is 0.175 e. The van der Waals surface area contributed by atoms with Gasteiger partial charge in [-0.2, -0.15) is 5.10 Å². The summed E-state index contributed by atoms with van der Waals surface area (Å²) in [5.41, 5.74) is 1.83. The van der Waals surface area contributed by atoms with Crippen LogP contribution in [-0.4, -0.2) is 19.7 Å². The number of aromatic amines is 1. The highest BCUT2D eigenvalue weighted by molar-refractivity contribution is 7.71. The fourth-order valence-corrected chi connectivity index (χ4v) is 1.91. The van der Waals surface area contributed by atoms with Crippen molar-refractivity contribution >= 4 is 12.2 Å². The number of hydrogen-bond acceptors (Lipinski definition) is 4. The van der Waals surface area contributed by atoms with Gasteiger partial charge in [0.2, 0.25) is 0 Å². The van der Waals surface area contributed by atoms with Gasteiger partial charge in [-0.05, 0) is 18.2 Å². The number of aromatic nitrogens is 4. The third kappa shape index (κ3) is 1.98. The van der Waals surface area contributed by atoms with Crippen LogP contribution < -0.4 is 0 Å². The van der Waals surface area contributed by atoms with Gasteiger partial charge in [-0.15, -0.1) is 0 Å². The molecule has 6 heteroatoms. The zero-order chi connectivity index (χ0) is 12.5. The van der Waals surface area contributed by atoms with Gasteiger partial charge in [0.05, 0.1) is 18.2 Å². The summed E-state index contributed by atoms with van der Waals surface area (Å²) >= 11 is 5.17. The van der Waals surface area contributed by atoms with Gasteiger partial charge in [0, 0.05) is 18.8 Å². The Labute approximate surface area is 108 Å². The lowest BCUT2D eigenvalue weighted by Gasteiger charge is -2.01. The molecule has 0 aromatic carbocycles. The second kappa shape index (κ2) is 4.23. The van der Waals surface area contributed by atoms with Gasteiger partial charge in [0.25, 0.3) is 0 Å². The SMILES string of the molecule is Cn1cc(-c2cc(=S)nc(-c3ccco3)[nH]2)cn1. The molecular formula is C12H10N4OS. The Morgan fingerprint density at radius 2 is 2.33 bits per heavy atom. The summed E-state index contributed by atoms with van der Waals surface area (Å²) in [5, 5.41) is 4.13. The second-order valence-corrected chi connectivity index (χ2v) is 4.28. The van der Waals surface area contributed by atoms with Crippen molar-refractivity contribution in [3.8, 4) is 22.8 Å². The summed E-state index contributed by atoms with van der Waals surface area (Å²) in [6.07, 6.45) is 5.28. The first kappa shape index (κ1) is 10.9. The monoisotopic (exact) mass is 258 g/mol. The van der Waals surface area contributed by atoms with E-state index < -0.39 is 0 Å². The van der Waals surface area contributed by atoms with E-state index in [4.69, 9.17) is 16.6 Å². The quantitative estimate of drug-likeness (QED) is 0.718. The van der Waals surface area contributed by atoms with E-state index in [9.17, 15) is 0 Å². The molecule has 3 aromatic heterocycles. The number of hydrogen-bond donors (Lipinski definition) is 1. The van der Waals surface area contributed by atoms with E-state index in [1.54, 1.807) is 23.2 Å². The van der Waals surface area contributed by atoms with Gasteiger partial charge >= 0.3 is 0 Å². The van der Waals surface area contributed by atoms with E-state index in [-0.39, 0.29) is 0 Å². The lowest BCUT2D eigenvalue weighted by atomic mass is 10.2. The average Bonchev–Trinajstić information content (AvgIpc) is 2.98. The summed E-state index contributed by atoms with van der Waals surface area (Å²) in [5.74, 6) is 1.28. The predicted molar refractivity (Wildman–Crippen MR) is 69.3 cm³/mol. The van der Waals surface area contributed by atoms with Crippen LogP contribution in [0.3, 0.4) is 0 Å². The summed E-state index contributed by atoms with van der Waals surface area (Å²) in [6, 6.07) is 5.45. The van der Waals surface area contributed by atoms with Crippen LogP contribution in [0.2, 0.25) is 0 Å². The Balaban J connectivity index is 2.15. The van der Waals surface area contributed by atoms with Crippen LogP contribution in [-0.2, 0) is 7.05 Å². The minimum absolute atomic E-state index is 0.513. The molecule has 0 fully saturated rings. The highest BCUT2D eigenvalue weighted by Crippen LogP contribution is 2.20. The van der Waals surface area contributed by atoms with Crippen LogP contribution in [0.1, 0.15) is 0 Å². The highest BCUT2D eigenvalue weighted by atomic mass is 32.1. The first-order chi connectivity index (χ1) is 8.72. The molecular weight excluding hydrogens is 248 g/mol. The van der Waals surface area contributed by atoms with Crippen molar-refractivity contribution in [1.29, 1.82) is 0 Å². The Morgan fingerprint density at radius 1 is 1.44 bits per heavy atom. The van der Waals surface area contributed by atoms with Crippen molar-refractivity contribution in [3.05, 3.63) is 41.5 Å². The van der Waals surface area contributed by atoms with E-state index in [0.29, 0.717) is 16.2 Å². The molecule has 0 bridgehead atoms. The molecule has 0 atom stereocenters. The average molecular weight is 258 g/mol. The lowest BCUT2D eigenvalue weighted by molar-refractivity contribution is 0.577. The first-order valence-electron chi connectivity index (χ1n) is 5.36. The van der Waals surface area contributed by atoms with E-state index >= 15 is 0 Å². The Hall–Kier alpha value is -2.21. The topological polar surface area (TPSA) is 59.6 Å². The first-order valence-corrected chi connectivity index (χ1v) is 5.77. The van der Waals surface area contributed by atoms with Gasteiger partial charge in [-0.25, -0.2) is 4.98 Å². The van der Waals surface area contributed by atoms with Crippen molar-refractivity contribution in [2.45, 2.75) is 0 Å². The van der Waals surface area contributed by atoms with E-state index in [1.165, 1.54) is 0 Å². The standard InChI is InChI=1S/C12H10N4OS/c1-16-7-8(6-13-16)9-5-11(18)15-12(14-9)10-3-2-4-17-10/h2-7H,1H3,(H,14,15,18). The molecule has 90 valence electrons. The van der Waals surface area contributed by atoms with Crippen LogP contribution in [0.25, 0.3) is 22.8 Å². The van der Waals surface area contributed by atoms with E-state index in [0.717, 1.165) is 11.3 Å². The molecule has 18 heavy (non-hydrogen) atoms. The number of rotatable bonds is 2. The number of nitrogens with zero attached hydrogens (tertiary/aromatic N) is 3. The normalized spacial score (nSPS) is 10.7. The van der Waals surface area contributed by atoms with Crippen molar-refractivity contribution in [1.82, 2.24) is 19.7 Å². The summed E-state index contributed by atoms with van der Waals surface area (Å²) in [7, 11) is 1.87. The molecule has 0 aliphatic carbocycles. The van der Waals surface area contributed by atoms with E-state index in [1.807, 2.05) is 25.4 Å². The fourth-order valence-electron chi connectivity index (χ4n) is 1.70. The third-order valence-corrected chi connectivity index (χ3v) is 2.72. The van der Waals surface area contributed by atoms with Gasteiger partial charge in [0.1, 0.15) is 4.64 Å². The van der Waals surface area contributed by atoms with Crippen LogP contribution >= 0.6 is 12.2 Å². The molecule has 1 N–H and O–H groups in total. The maximum Gasteiger partial charge on any atom is 0.175 e. The summed E-state index contributed by atoms with van der Waals surface area (Å²) in [4.78, 5) is 7.44. The molecule has 0 amide bonds. The predicted octanol–water partition coefficient (Wildman–Crippen LogP) is 2.80. The molecule has 0 spiro atoms. The Morgan fingerprint density at radius 3 is 3.00 bits per heavy atom. The zero-order valence-corrected chi connectivity index (χ0v) is 10.4. The van der Waals surface area contributed by atoms with Crippen molar-refractivity contribution in [2.75, 3.05) is 0 Å². The molecule has 0 saturated heterocycles. The van der Waals surface area contributed by atoms with Crippen LogP contribution in [0, 0.1) is 4.64 Å². The summed E-state index contributed by atoms with van der Waals surface area (Å²) in [6.45, 7) is 0. The maximum absolute atomic E-state index is 5.31. The molecule has 0 saturated carbocycles. The van der Waals surface area contributed by atoms with Crippen LogP contribution in [0.15, 0.2) is 41.3 Å². The highest BCUT2D eigenvalue weighted by Gasteiger charge is 2.07. The molecule has 3 rings (SSSR count). The maximum atomic E-state index is 5.31. The molecule has 0 aliphatic heterocycles. The zero-order valence-electron chi connectivity index (χ0n) is 9.62. The van der Waals surface area contributed by atoms with Gasteiger partial charge in [0.15, 0.2) is 11.6 Å². The van der Waals surface area contributed by atoms with Crippen LogP contribution in [0.4, 0.5) is 0 Å².